The molecular formula is C28H58SSn2. The monoisotopic (exact) mass is 666 g/mol. The van der Waals surface area contributed by atoms with Crippen LogP contribution in [0.3, 0.4) is 0 Å². The molecule has 2 fully saturated rings. The summed E-state index contributed by atoms with van der Waals surface area (Å²) in [6.07, 6.45) is 31.3. The summed E-state index contributed by atoms with van der Waals surface area (Å²) in [5.41, 5.74) is 0. The van der Waals surface area contributed by atoms with E-state index in [-0.39, 0.29) is 0 Å². The molecule has 0 amide bonds. The molecule has 0 aromatic rings. The van der Waals surface area contributed by atoms with Crippen molar-refractivity contribution in [3.63, 3.8) is 0 Å². The molecule has 0 spiro atoms. The maximum absolute atomic E-state index is 3.08. The Labute approximate surface area is 207 Å². The van der Waals surface area contributed by atoms with Crippen molar-refractivity contribution in [3.8, 4) is 0 Å². The fraction of sp³-hybridized carbons (Fsp3) is 1.00. The van der Waals surface area contributed by atoms with Gasteiger partial charge in [-0.2, -0.15) is 0 Å². The van der Waals surface area contributed by atoms with Gasteiger partial charge in [0.05, 0.1) is 0 Å². The summed E-state index contributed by atoms with van der Waals surface area (Å²) in [6.45, 7) is 9.92. The Bertz CT molecular complexity index is 384. The van der Waals surface area contributed by atoms with Crippen molar-refractivity contribution in [2.75, 3.05) is 0 Å². The second kappa shape index (κ2) is 16.6. The molecule has 2 aliphatic rings. The van der Waals surface area contributed by atoms with Gasteiger partial charge in [0.15, 0.2) is 0 Å². The number of hydrogen-bond donors (Lipinski definition) is 0. The Morgan fingerprint density at radius 2 is 0.774 bits per heavy atom. The second-order valence-corrected chi connectivity index (χ2v) is 58.4. The van der Waals surface area contributed by atoms with E-state index in [0.29, 0.717) is 0 Å². The number of rotatable bonds is 16. The van der Waals surface area contributed by atoms with E-state index in [1.54, 1.807) is 108 Å². The van der Waals surface area contributed by atoms with Gasteiger partial charge in [-0.05, 0) is 0 Å². The van der Waals surface area contributed by atoms with Crippen LogP contribution in [0, 0.1) is 0 Å². The zero-order chi connectivity index (χ0) is 22.4. The van der Waals surface area contributed by atoms with E-state index in [4.69, 9.17) is 0 Å². The average Bonchev–Trinajstić information content (AvgIpc) is 2.83. The Morgan fingerprint density at radius 1 is 0.484 bits per heavy atom. The summed E-state index contributed by atoms with van der Waals surface area (Å²) < 4.78 is 9.59. The fourth-order valence-corrected chi connectivity index (χ4v) is 143. The molecule has 0 atom stereocenters. The molecule has 0 radical (unpaired) electrons. The van der Waals surface area contributed by atoms with Crippen molar-refractivity contribution >= 4 is 40.1 Å². The van der Waals surface area contributed by atoms with E-state index in [1.165, 1.54) is 33.6 Å². The quantitative estimate of drug-likeness (QED) is 0.148. The van der Waals surface area contributed by atoms with Gasteiger partial charge < -0.3 is 0 Å². The summed E-state index contributed by atoms with van der Waals surface area (Å²) in [5.74, 6) is 0. The topological polar surface area (TPSA) is 0 Å². The van der Waals surface area contributed by atoms with Crippen LogP contribution in [0.4, 0.5) is 0 Å². The van der Waals surface area contributed by atoms with Crippen LogP contribution in [0.1, 0.15) is 143 Å². The third-order valence-electron chi connectivity index (χ3n) is 8.92. The van der Waals surface area contributed by atoms with Gasteiger partial charge in [0.1, 0.15) is 0 Å². The van der Waals surface area contributed by atoms with Crippen molar-refractivity contribution in [3.05, 3.63) is 0 Å². The molecule has 0 saturated heterocycles. The second-order valence-electron chi connectivity index (χ2n) is 11.3. The summed E-state index contributed by atoms with van der Waals surface area (Å²) in [7, 11) is 0. The molecule has 184 valence electrons. The number of hydrogen-bond acceptors (Lipinski definition) is 1. The molecule has 2 saturated carbocycles. The predicted molar refractivity (Wildman–Crippen MR) is 152 cm³/mol. The van der Waals surface area contributed by atoms with Crippen LogP contribution in [-0.2, 0) is 0 Å². The summed E-state index contributed by atoms with van der Waals surface area (Å²) in [6, 6.07) is 0. The normalized spacial score (nSPS) is 19.7. The Hall–Kier alpha value is 1.95. The van der Waals surface area contributed by atoms with E-state index in [1.807, 2.05) is 0 Å². The van der Waals surface area contributed by atoms with Gasteiger partial charge in [-0.25, -0.2) is 0 Å². The average molecular weight is 664 g/mol. The summed E-state index contributed by atoms with van der Waals surface area (Å²) in [4.78, 5) is 0. The molecule has 0 N–H and O–H groups in total. The van der Waals surface area contributed by atoms with Crippen LogP contribution in [0.15, 0.2) is 0 Å². The molecule has 31 heavy (non-hydrogen) atoms. The van der Waals surface area contributed by atoms with Crippen LogP contribution in [0.25, 0.3) is 0 Å². The van der Waals surface area contributed by atoms with Crippen molar-refractivity contribution in [2.45, 2.75) is 169 Å². The van der Waals surface area contributed by atoms with Crippen LogP contribution >= 0.6 is 6.13 Å². The van der Waals surface area contributed by atoms with Gasteiger partial charge in [0.2, 0.25) is 0 Å². The minimum absolute atomic E-state index is 1.26. The first-order valence-corrected chi connectivity index (χ1v) is 34.0. The zero-order valence-electron chi connectivity index (χ0n) is 22.1. The van der Waals surface area contributed by atoms with Crippen LogP contribution in [0.2, 0.25) is 25.6 Å². The predicted octanol–water partition coefficient (Wildman–Crippen LogP) is 11.5. The molecule has 0 aliphatic heterocycles. The summed E-state index contributed by atoms with van der Waals surface area (Å²) >= 11 is -4.45. The molecular weight excluding hydrogens is 606 g/mol. The Balaban J connectivity index is 2.42. The number of unbranched alkanes of at least 4 members (excludes halogenated alkanes) is 4. The first-order valence-electron chi connectivity index (χ1n) is 14.9. The van der Waals surface area contributed by atoms with Crippen molar-refractivity contribution < 1.29 is 0 Å². The van der Waals surface area contributed by atoms with E-state index in [9.17, 15) is 0 Å². The van der Waals surface area contributed by atoms with Gasteiger partial charge >= 0.3 is 209 Å². The van der Waals surface area contributed by atoms with Crippen molar-refractivity contribution in [1.29, 1.82) is 0 Å². The van der Waals surface area contributed by atoms with Crippen LogP contribution in [-0.4, -0.2) is 34.0 Å². The molecule has 0 aromatic heterocycles. The van der Waals surface area contributed by atoms with Crippen molar-refractivity contribution in [2.24, 2.45) is 0 Å². The van der Waals surface area contributed by atoms with Gasteiger partial charge in [-0.1, -0.05) is 0 Å². The zero-order valence-corrected chi connectivity index (χ0v) is 28.6. The molecule has 0 nitrogen and oxygen atoms in total. The first kappa shape index (κ1) is 29.2. The molecule has 3 heteroatoms. The van der Waals surface area contributed by atoms with E-state index in [2.05, 4.69) is 33.8 Å². The van der Waals surface area contributed by atoms with E-state index in [0.717, 1.165) is 0 Å². The van der Waals surface area contributed by atoms with Crippen LogP contribution < -0.4 is 0 Å². The van der Waals surface area contributed by atoms with Gasteiger partial charge in [-0.15, -0.1) is 0 Å². The molecule has 2 aliphatic carbocycles. The maximum atomic E-state index is 3.08. The van der Waals surface area contributed by atoms with Gasteiger partial charge in [0, 0.05) is 0 Å². The third kappa shape index (κ3) is 9.15. The minimum atomic E-state index is -2.23. The van der Waals surface area contributed by atoms with E-state index >= 15 is 0 Å². The molecule has 0 unspecified atom stereocenters. The van der Waals surface area contributed by atoms with E-state index < -0.39 is 34.0 Å². The summed E-state index contributed by atoms with van der Waals surface area (Å²) in [5, 5.41) is 0. The Kier molecular flexibility index (Phi) is 15.6. The van der Waals surface area contributed by atoms with Crippen molar-refractivity contribution in [1.82, 2.24) is 0 Å². The van der Waals surface area contributed by atoms with Gasteiger partial charge in [0.25, 0.3) is 0 Å². The third-order valence-corrected chi connectivity index (χ3v) is 98.8. The van der Waals surface area contributed by atoms with Gasteiger partial charge in [-0.3, -0.25) is 0 Å². The Morgan fingerprint density at radius 3 is 1.03 bits per heavy atom. The van der Waals surface area contributed by atoms with Crippen LogP contribution in [0.5, 0.6) is 0 Å². The molecule has 0 aromatic carbocycles. The first-order chi connectivity index (χ1) is 15.2. The molecule has 2 rings (SSSR count). The SMILES string of the molecule is CCC[CH2][Sn]([CH2]CCC)([S][Sn]([CH2]CCC)([CH2]CCC)[CH]1CCCCC1)[CH]1CCCCC1. The molecule has 0 bridgehead atoms. The molecule has 0 heterocycles. The fourth-order valence-electron chi connectivity index (χ4n) is 7.00. The standard InChI is InChI=1S/2C6H11.4C4H9.S.2Sn/c2*1-2-4-6-5-3-1;4*1-3-4-2;;;/h2*1H,2-6H2;4*1,3-4H2,2H3;;;.